The quantitative estimate of drug-likeness (QED) is 0.481. The Labute approximate surface area is 187 Å². The number of hydrogen-bond acceptors (Lipinski definition) is 6. The minimum Gasteiger partial charge on any atom is -0.459 e. The van der Waals surface area contributed by atoms with Crippen LogP contribution in [0.5, 0.6) is 0 Å². The van der Waals surface area contributed by atoms with E-state index in [-0.39, 0.29) is 19.5 Å². The van der Waals surface area contributed by atoms with Gasteiger partial charge in [0.2, 0.25) is 0 Å². The van der Waals surface area contributed by atoms with Gasteiger partial charge in [0.05, 0.1) is 15.8 Å². The zero-order chi connectivity index (χ0) is 23.6. The molecule has 2 aromatic heterocycles. The Morgan fingerprint density at radius 3 is 2.47 bits per heavy atom. The van der Waals surface area contributed by atoms with Gasteiger partial charge in [-0.2, -0.15) is 0 Å². The molecular weight excluding hydrogens is 440 g/mol. The van der Waals surface area contributed by atoms with E-state index in [9.17, 15) is 23.2 Å². The first-order valence-electron chi connectivity index (χ1n) is 10.6. The molecule has 32 heavy (non-hydrogen) atoms. The normalized spacial score (nSPS) is 21.3. The smallest absolute Gasteiger partial charge is 0.332 e. The Balaban J connectivity index is 1.76. The van der Waals surface area contributed by atoms with Crippen LogP contribution < -0.4 is 11.2 Å². The lowest BCUT2D eigenvalue weighted by molar-refractivity contribution is -0.152. The van der Waals surface area contributed by atoms with E-state index in [0.29, 0.717) is 33.5 Å². The number of halogens is 2. The number of aliphatic imine (C=N–C) groups is 1. The van der Waals surface area contributed by atoms with Crippen LogP contribution in [0, 0.1) is 12.8 Å². The molecule has 0 aliphatic heterocycles. The zero-order valence-corrected chi connectivity index (χ0v) is 19.6. The van der Waals surface area contributed by atoms with E-state index in [1.165, 1.54) is 15.3 Å². The van der Waals surface area contributed by atoms with Crippen LogP contribution in [-0.2, 0) is 21.6 Å². The van der Waals surface area contributed by atoms with Gasteiger partial charge in [-0.1, -0.05) is 0 Å². The fourth-order valence-corrected chi connectivity index (χ4v) is 4.99. The van der Waals surface area contributed by atoms with Crippen LogP contribution in [0.3, 0.4) is 0 Å². The lowest BCUT2D eigenvalue weighted by Crippen LogP contribution is -2.44. The molecule has 2 heterocycles. The van der Waals surface area contributed by atoms with Crippen LogP contribution in [0.15, 0.2) is 14.6 Å². The van der Waals surface area contributed by atoms with Crippen LogP contribution in [0.2, 0.25) is 0 Å². The molecule has 0 amide bonds. The van der Waals surface area contributed by atoms with Crippen LogP contribution in [0.1, 0.15) is 57.4 Å². The maximum Gasteiger partial charge on any atom is 0.332 e. The van der Waals surface area contributed by atoms with Crippen molar-refractivity contribution in [2.24, 2.45) is 10.9 Å². The first-order chi connectivity index (χ1) is 14.7. The van der Waals surface area contributed by atoms with Crippen molar-refractivity contribution in [1.29, 1.82) is 0 Å². The van der Waals surface area contributed by atoms with Gasteiger partial charge in [-0.3, -0.25) is 23.7 Å². The van der Waals surface area contributed by atoms with Crippen LogP contribution in [0.25, 0.3) is 10.2 Å². The van der Waals surface area contributed by atoms with Crippen molar-refractivity contribution in [3.63, 3.8) is 0 Å². The molecule has 1 atom stereocenters. The van der Waals surface area contributed by atoms with Crippen LogP contribution in [-0.4, -0.2) is 39.4 Å². The topological polar surface area (TPSA) is 82.7 Å². The number of carbonyl (C=O) groups excluding carboxylic acids is 1. The first kappa shape index (κ1) is 22.8. The summed E-state index contributed by atoms with van der Waals surface area (Å²) in [5, 5.41) is 0.352. The van der Waals surface area contributed by atoms with Crippen molar-refractivity contribution in [2.75, 3.05) is 6.54 Å². The van der Waals surface area contributed by atoms with Crippen molar-refractivity contribution in [1.82, 2.24) is 9.13 Å². The van der Waals surface area contributed by atoms with Gasteiger partial charge >= 0.3 is 11.7 Å². The molecule has 2 saturated carbocycles. The summed E-state index contributed by atoms with van der Waals surface area (Å²) in [5.41, 5.74) is -1.51. The number of aromatic nitrogens is 2. The molecule has 0 saturated heterocycles. The second-order valence-electron chi connectivity index (χ2n) is 10.0. The second kappa shape index (κ2) is 7.33. The number of nitrogens with zero attached hydrogens (tertiary/aromatic N) is 3. The monoisotopic (exact) mass is 467 g/mol. The van der Waals surface area contributed by atoms with Crippen LogP contribution in [0.4, 0.5) is 8.78 Å². The maximum absolute atomic E-state index is 13.6. The van der Waals surface area contributed by atoms with Gasteiger partial charge in [0.15, 0.2) is 0 Å². The van der Waals surface area contributed by atoms with Crippen molar-refractivity contribution in [2.45, 2.75) is 77.5 Å². The van der Waals surface area contributed by atoms with Crippen LogP contribution >= 0.6 is 11.3 Å². The molecule has 4 rings (SSSR count). The summed E-state index contributed by atoms with van der Waals surface area (Å²) in [5.74, 6) is -4.17. The average molecular weight is 468 g/mol. The molecule has 2 aliphatic rings. The van der Waals surface area contributed by atoms with E-state index >= 15 is 0 Å². The van der Waals surface area contributed by atoms with E-state index in [1.807, 2.05) is 6.92 Å². The third kappa shape index (κ3) is 4.16. The molecule has 0 spiro atoms. The second-order valence-corrected chi connectivity index (χ2v) is 11.1. The molecule has 2 aliphatic carbocycles. The number of rotatable bonds is 6. The lowest BCUT2D eigenvalue weighted by Gasteiger charge is -2.18. The molecule has 0 aromatic carbocycles. The van der Waals surface area contributed by atoms with E-state index < -0.39 is 40.2 Å². The van der Waals surface area contributed by atoms with Gasteiger partial charge in [0.1, 0.15) is 17.0 Å². The largest absolute Gasteiger partial charge is 0.459 e. The Kier molecular flexibility index (Phi) is 5.23. The van der Waals surface area contributed by atoms with Crippen molar-refractivity contribution in [3.8, 4) is 0 Å². The summed E-state index contributed by atoms with van der Waals surface area (Å²) in [4.78, 5) is 43.5. The Morgan fingerprint density at radius 1 is 1.31 bits per heavy atom. The molecule has 0 bridgehead atoms. The van der Waals surface area contributed by atoms with E-state index in [2.05, 4.69) is 4.99 Å². The fourth-order valence-electron chi connectivity index (χ4n) is 3.79. The summed E-state index contributed by atoms with van der Waals surface area (Å²) in [7, 11) is 0. The Morgan fingerprint density at radius 2 is 1.94 bits per heavy atom. The molecule has 10 heteroatoms. The van der Waals surface area contributed by atoms with Gasteiger partial charge < -0.3 is 4.74 Å². The van der Waals surface area contributed by atoms with E-state index in [0.717, 1.165) is 11.3 Å². The van der Waals surface area contributed by atoms with Gasteiger partial charge in [0, 0.05) is 25.1 Å². The number of fused-ring (bicyclic) bond motifs is 1. The first-order valence-corrected chi connectivity index (χ1v) is 11.4. The lowest BCUT2D eigenvalue weighted by atomic mass is 10.2. The van der Waals surface area contributed by atoms with Crippen molar-refractivity contribution >= 4 is 33.7 Å². The average Bonchev–Trinajstić information content (AvgIpc) is 3.48. The Hall–Kier alpha value is -2.36. The predicted octanol–water partition coefficient (Wildman–Crippen LogP) is 3.46. The fraction of sp³-hybridized carbons (Fsp3) is 0.636. The highest BCUT2D eigenvalue weighted by molar-refractivity contribution is 7.20. The third-order valence-corrected chi connectivity index (χ3v) is 7.22. The molecule has 0 radical (unpaired) electrons. The molecule has 2 aromatic rings. The number of esters is 1. The van der Waals surface area contributed by atoms with E-state index in [1.54, 1.807) is 27.7 Å². The number of alkyl halides is 2. The summed E-state index contributed by atoms with van der Waals surface area (Å²) in [6.07, 6.45) is 2.61. The minimum absolute atomic E-state index is 0.132. The number of hydrogen-bond donors (Lipinski definition) is 0. The molecule has 174 valence electrons. The number of aryl methyl sites for hydroxylation is 1. The standard InChI is InChI=1S/C22H27F2N3O4S/c1-12-14(9-25-10-15(28)31-20(2,3)4)32-18-16(12)17(29)27(21(5)6-7-21)19(30)26(18)11-13-8-22(13,23)24/h9,13H,6-8,10-11H2,1-5H3. The van der Waals surface area contributed by atoms with Gasteiger partial charge in [-0.25, -0.2) is 13.6 Å². The molecular formula is C22H27F2N3O4S. The zero-order valence-electron chi connectivity index (χ0n) is 18.8. The maximum atomic E-state index is 13.6. The SMILES string of the molecule is Cc1c(C=NCC(=O)OC(C)(C)C)sc2c1c(=O)n(C1(C)CC1)c(=O)n2CC1CC1(F)F. The number of ether oxygens (including phenoxy) is 1. The van der Waals surface area contributed by atoms with Gasteiger partial charge in [-0.15, -0.1) is 11.3 Å². The summed E-state index contributed by atoms with van der Waals surface area (Å²) in [6.45, 7) is 8.55. The summed E-state index contributed by atoms with van der Waals surface area (Å²) < 4.78 is 35.1. The molecule has 2 fully saturated rings. The molecule has 7 nitrogen and oxygen atoms in total. The highest BCUT2D eigenvalue weighted by Gasteiger charge is 2.57. The Bertz CT molecular complexity index is 1250. The van der Waals surface area contributed by atoms with Crippen molar-refractivity contribution in [3.05, 3.63) is 31.3 Å². The highest BCUT2D eigenvalue weighted by atomic mass is 32.1. The summed E-state index contributed by atoms with van der Waals surface area (Å²) in [6, 6.07) is 0. The van der Waals surface area contributed by atoms with Gasteiger partial charge in [0.25, 0.3) is 11.5 Å². The number of carbonyl (C=O) groups is 1. The molecule has 1 unspecified atom stereocenters. The third-order valence-electron chi connectivity index (χ3n) is 5.97. The predicted molar refractivity (Wildman–Crippen MR) is 119 cm³/mol. The van der Waals surface area contributed by atoms with Gasteiger partial charge in [-0.05, 0) is 53.0 Å². The molecule has 0 N–H and O–H groups in total. The highest BCUT2D eigenvalue weighted by Crippen LogP contribution is 2.50. The van der Waals surface area contributed by atoms with Crippen molar-refractivity contribution < 1.29 is 18.3 Å². The number of thiophene rings is 1. The minimum atomic E-state index is -2.78. The summed E-state index contributed by atoms with van der Waals surface area (Å²) >= 11 is 1.16. The van der Waals surface area contributed by atoms with E-state index in [4.69, 9.17) is 4.74 Å².